The Morgan fingerprint density at radius 1 is 1.29 bits per heavy atom. The minimum Gasteiger partial charge on any atom is -0.298 e. The molecule has 0 saturated carbocycles. The maximum Gasteiger partial charge on any atom is 0.270 e. The van der Waals surface area contributed by atoms with Crippen LogP contribution in [0.4, 0.5) is 10.8 Å². The number of carbonyl (C=O) groups excluding carboxylic acids is 1. The second-order valence-electron chi connectivity index (χ2n) is 4.96. The Kier molecular flexibility index (Phi) is 4.40. The van der Waals surface area contributed by atoms with Crippen molar-refractivity contribution < 1.29 is 9.72 Å². The van der Waals surface area contributed by atoms with Crippen LogP contribution in [-0.2, 0) is 0 Å². The van der Waals surface area contributed by atoms with Crippen LogP contribution in [0.25, 0.3) is 10.2 Å². The fourth-order valence-corrected chi connectivity index (χ4v) is 3.69. The largest absolute Gasteiger partial charge is 0.298 e. The van der Waals surface area contributed by atoms with Crippen LogP contribution in [0, 0.1) is 17.0 Å². The highest BCUT2D eigenvalue weighted by Gasteiger charge is 2.17. The molecule has 0 aliphatic carbocycles. The normalized spacial score (nSPS) is 10.8. The van der Waals surface area contributed by atoms with Crippen LogP contribution in [0.2, 0.25) is 10.0 Å². The smallest absolute Gasteiger partial charge is 0.270 e. The van der Waals surface area contributed by atoms with Crippen LogP contribution < -0.4 is 5.32 Å². The molecule has 1 heterocycles. The summed E-state index contributed by atoms with van der Waals surface area (Å²) in [5, 5.41) is 14.5. The van der Waals surface area contributed by atoms with Crippen molar-refractivity contribution in [2.24, 2.45) is 0 Å². The SMILES string of the molecule is Cc1cc(Cl)cc2sc(NC(=O)c3cc([N+](=O)[O-])ccc3Cl)nc12. The van der Waals surface area contributed by atoms with Crippen LogP contribution in [0.15, 0.2) is 30.3 Å². The predicted octanol–water partition coefficient (Wildman–Crippen LogP) is 5.07. The minimum atomic E-state index is -0.587. The lowest BCUT2D eigenvalue weighted by atomic mass is 10.2. The number of hydrogen-bond donors (Lipinski definition) is 1. The Morgan fingerprint density at radius 2 is 2.04 bits per heavy atom. The number of carbonyl (C=O) groups is 1. The van der Waals surface area contributed by atoms with Crippen molar-refractivity contribution in [3.8, 4) is 0 Å². The summed E-state index contributed by atoms with van der Waals surface area (Å²) < 4.78 is 0.834. The molecule has 0 atom stereocenters. The van der Waals surface area contributed by atoms with Crippen LogP contribution >= 0.6 is 34.5 Å². The molecule has 0 fully saturated rings. The Balaban J connectivity index is 1.94. The number of aromatic nitrogens is 1. The lowest BCUT2D eigenvalue weighted by Gasteiger charge is -2.03. The van der Waals surface area contributed by atoms with Crippen molar-refractivity contribution in [3.05, 3.63) is 61.6 Å². The molecule has 0 spiro atoms. The molecule has 0 unspecified atom stereocenters. The number of nitro groups is 1. The molecule has 0 bridgehead atoms. The summed E-state index contributed by atoms with van der Waals surface area (Å²) in [5.74, 6) is -0.563. The fraction of sp³-hybridized carbons (Fsp3) is 0.0667. The van der Waals surface area contributed by atoms with Gasteiger partial charge in [-0.05, 0) is 30.7 Å². The average molecular weight is 382 g/mol. The number of halogens is 2. The van der Waals surface area contributed by atoms with Crippen molar-refractivity contribution in [1.82, 2.24) is 4.98 Å². The first-order valence-electron chi connectivity index (χ1n) is 6.67. The molecule has 24 heavy (non-hydrogen) atoms. The van der Waals surface area contributed by atoms with E-state index >= 15 is 0 Å². The molecule has 3 aromatic rings. The zero-order chi connectivity index (χ0) is 17.4. The van der Waals surface area contributed by atoms with Gasteiger partial charge in [0.25, 0.3) is 11.6 Å². The minimum absolute atomic E-state index is 0.0138. The molecular formula is C15H9Cl2N3O3S. The summed E-state index contributed by atoms with van der Waals surface area (Å²) in [6.45, 7) is 1.87. The molecule has 122 valence electrons. The maximum atomic E-state index is 12.4. The van der Waals surface area contributed by atoms with Crippen molar-refractivity contribution in [2.75, 3.05) is 5.32 Å². The zero-order valence-corrected chi connectivity index (χ0v) is 14.5. The van der Waals surface area contributed by atoms with Gasteiger partial charge < -0.3 is 0 Å². The number of rotatable bonds is 3. The van der Waals surface area contributed by atoms with Crippen molar-refractivity contribution >= 4 is 61.5 Å². The molecule has 9 heteroatoms. The summed E-state index contributed by atoms with van der Waals surface area (Å²) in [5.41, 5.74) is 1.43. The van der Waals surface area contributed by atoms with Crippen LogP contribution in [0.3, 0.4) is 0 Å². The molecule has 3 rings (SSSR count). The van der Waals surface area contributed by atoms with Gasteiger partial charge >= 0.3 is 0 Å². The van der Waals surface area contributed by atoms with Crippen LogP contribution in [-0.4, -0.2) is 15.8 Å². The van der Waals surface area contributed by atoms with Crippen LogP contribution in [0.1, 0.15) is 15.9 Å². The quantitative estimate of drug-likeness (QED) is 0.506. The second kappa shape index (κ2) is 6.35. The predicted molar refractivity (Wildman–Crippen MR) is 95.4 cm³/mol. The highest BCUT2D eigenvalue weighted by atomic mass is 35.5. The molecule has 6 nitrogen and oxygen atoms in total. The van der Waals surface area contributed by atoms with E-state index < -0.39 is 10.8 Å². The number of nitro benzene ring substituents is 1. The van der Waals surface area contributed by atoms with Gasteiger partial charge in [0.05, 0.1) is 25.7 Å². The van der Waals surface area contributed by atoms with Gasteiger partial charge in [-0.25, -0.2) is 4.98 Å². The molecule has 1 aromatic heterocycles. The lowest BCUT2D eigenvalue weighted by molar-refractivity contribution is -0.384. The molecule has 2 aromatic carbocycles. The van der Waals surface area contributed by atoms with Crippen molar-refractivity contribution in [1.29, 1.82) is 0 Å². The molecule has 0 aliphatic heterocycles. The third kappa shape index (κ3) is 3.19. The number of benzene rings is 2. The van der Waals surface area contributed by atoms with E-state index in [1.807, 2.05) is 6.92 Å². The lowest BCUT2D eigenvalue weighted by Crippen LogP contribution is -2.12. The highest BCUT2D eigenvalue weighted by Crippen LogP contribution is 2.31. The van der Waals surface area contributed by atoms with Gasteiger partial charge in [0.1, 0.15) is 0 Å². The average Bonchev–Trinajstić information content (AvgIpc) is 2.89. The first-order valence-corrected chi connectivity index (χ1v) is 8.24. The van der Waals surface area contributed by atoms with Gasteiger partial charge in [-0.3, -0.25) is 20.2 Å². The van der Waals surface area contributed by atoms with Gasteiger partial charge in [-0.2, -0.15) is 0 Å². The Bertz CT molecular complexity index is 987. The molecule has 0 saturated heterocycles. The van der Waals surface area contributed by atoms with Gasteiger partial charge in [-0.1, -0.05) is 34.5 Å². The van der Waals surface area contributed by atoms with E-state index in [9.17, 15) is 14.9 Å². The molecule has 0 radical (unpaired) electrons. The maximum absolute atomic E-state index is 12.4. The fourth-order valence-electron chi connectivity index (χ4n) is 2.17. The van der Waals surface area contributed by atoms with Crippen LogP contribution in [0.5, 0.6) is 0 Å². The number of nitrogens with zero attached hydrogens (tertiary/aromatic N) is 2. The molecular weight excluding hydrogens is 373 g/mol. The van der Waals surface area contributed by atoms with Crippen molar-refractivity contribution in [3.63, 3.8) is 0 Å². The topological polar surface area (TPSA) is 85.1 Å². The summed E-state index contributed by atoms with van der Waals surface area (Å²) in [7, 11) is 0. The van der Waals surface area contributed by atoms with Gasteiger partial charge in [0.15, 0.2) is 5.13 Å². The number of fused-ring (bicyclic) bond motifs is 1. The number of non-ortho nitro benzene ring substituents is 1. The second-order valence-corrected chi connectivity index (χ2v) is 6.84. The standard InChI is InChI=1S/C15H9Cl2N3O3S/c1-7-4-8(16)5-12-13(7)18-15(24-12)19-14(21)10-6-9(20(22)23)2-3-11(10)17/h2-6H,1H3,(H,18,19,21). The molecule has 0 aliphatic rings. The van der Waals surface area contributed by atoms with E-state index in [1.54, 1.807) is 12.1 Å². The number of nitrogens with one attached hydrogen (secondary N) is 1. The Hall–Kier alpha value is -2.22. The number of aryl methyl sites for hydroxylation is 1. The first kappa shape index (κ1) is 16.6. The number of anilines is 1. The monoisotopic (exact) mass is 381 g/mol. The Labute approximate surface area is 150 Å². The van der Waals surface area contributed by atoms with Gasteiger partial charge in [0, 0.05) is 17.2 Å². The summed E-state index contributed by atoms with van der Waals surface area (Å²) in [6.07, 6.45) is 0. The Morgan fingerprint density at radius 3 is 2.75 bits per heavy atom. The zero-order valence-electron chi connectivity index (χ0n) is 12.2. The summed E-state index contributed by atoms with van der Waals surface area (Å²) in [6, 6.07) is 7.23. The van der Waals surface area contributed by atoms with E-state index in [0.29, 0.717) is 10.2 Å². The third-order valence-electron chi connectivity index (χ3n) is 3.28. The van der Waals surface area contributed by atoms with E-state index in [4.69, 9.17) is 23.2 Å². The van der Waals surface area contributed by atoms with E-state index in [1.165, 1.54) is 23.5 Å². The summed E-state index contributed by atoms with van der Waals surface area (Å²) >= 11 is 13.2. The van der Waals surface area contributed by atoms with E-state index in [2.05, 4.69) is 10.3 Å². The molecule has 1 N–H and O–H groups in total. The van der Waals surface area contributed by atoms with Crippen molar-refractivity contribution in [2.45, 2.75) is 6.92 Å². The number of hydrogen-bond acceptors (Lipinski definition) is 5. The molecule has 1 amide bonds. The highest BCUT2D eigenvalue weighted by molar-refractivity contribution is 7.22. The summed E-state index contributed by atoms with van der Waals surface area (Å²) in [4.78, 5) is 27.0. The number of amides is 1. The van der Waals surface area contributed by atoms with E-state index in [-0.39, 0.29) is 16.3 Å². The first-order chi connectivity index (χ1) is 11.3. The third-order valence-corrected chi connectivity index (χ3v) is 4.74. The number of thiazole rings is 1. The van der Waals surface area contributed by atoms with Gasteiger partial charge in [0.2, 0.25) is 0 Å². The van der Waals surface area contributed by atoms with Gasteiger partial charge in [-0.15, -0.1) is 0 Å². The van der Waals surface area contributed by atoms with E-state index in [0.717, 1.165) is 21.8 Å².